The Labute approximate surface area is 37.9 Å². The molecule has 0 aromatic heterocycles. The predicted molar refractivity (Wildman–Crippen MR) is 23.0 cm³/mol. The summed E-state index contributed by atoms with van der Waals surface area (Å²) < 4.78 is 9.57. The first-order valence-electron chi connectivity index (χ1n) is 0.958. The summed E-state index contributed by atoms with van der Waals surface area (Å²) in [6.07, 6.45) is 0. The average Bonchev–Trinajstić information content (AvgIpc) is 1.38. The van der Waals surface area contributed by atoms with Crippen LogP contribution in [0.25, 0.3) is 0 Å². The maximum atomic E-state index is 9.57. The van der Waals surface area contributed by atoms with Gasteiger partial charge in [0.05, 0.1) is 0 Å². The van der Waals surface area contributed by atoms with Gasteiger partial charge in [-0.3, -0.25) is 5.14 Å². The summed E-state index contributed by atoms with van der Waals surface area (Å²) in [7, 11) is -1.31. The Balaban J connectivity index is 2.85. The van der Waals surface area contributed by atoms with Crippen molar-refractivity contribution in [3.8, 4) is 0 Å². The molecule has 0 amide bonds. The lowest BCUT2D eigenvalue weighted by Gasteiger charge is -1.73. The lowest BCUT2D eigenvalue weighted by atomic mass is 11.9. The van der Waals surface area contributed by atoms with Gasteiger partial charge in [-0.05, 0) is 0 Å². The maximum Gasteiger partial charge on any atom is 0.112 e. The molecule has 0 aliphatic heterocycles. The number of rotatable bonds is 1. The molecule has 0 heterocycles. The van der Waals surface area contributed by atoms with Crippen molar-refractivity contribution >= 4 is 22.6 Å². The number of nitrogens with two attached hydrogens (primary N) is 1. The zero-order chi connectivity index (χ0) is 4.28. The topological polar surface area (TPSA) is 43.1 Å². The average molecular weight is 114 g/mol. The van der Waals surface area contributed by atoms with Crippen molar-refractivity contribution in [3.63, 3.8) is 0 Å². The van der Waals surface area contributed by atoms with Gasteiger partial charge >= 0.3 is 0 Å². The van der Waals surface area contributed by atoms with Crippen LogP contribution >= 0.6 is 11.6 Å². The molecule has 0 saturated carbocycles. The largest absolute Gasteiger partial charge is 0.251 e. The van der Waals surface area contributed by atoms with Gasteiger partial charge in [0.1, 0.15) is 16.2 Å². The third-order valence-electron chi connectivity index (χ3n) is 0.108. The number of halogens is 1. The standard InChI is InChI=1S/CH4ClNOS/c2-1-5(3)4/h1,3H2. The van der Waals surface area contributed by atoms with Crippen LogP contribution in [0.2, 0.25) is 0 Å². The zero-order valence-electron chi connectivity index (χ0n) is 2.48. The van der Waals surface area contributed by atoms with Crippen molar-refractivity contribution in [2.75, 3.05) is 5.21 Å². The molecule has 1 unspecified atom stereocenters. The van der Waals surface area contributed by atoms with Gasteiger partial charge in [-0.15, -0.1) is 11.6 Å². The van der Waals surface area contributed by atoms with Gasteiger partial charge in [-0.2, -0.15) is 0 Å². The summed E-state index contributed by atoms with van der Waals surface area (Å²) in [5.74, 6) is 0. The molecule has 0 aliphatic rings. The van der Waals surface area contributed by atoms with Crippen molar-refractivity contribution in [1.82, 2.24) is 0 Å². The van der Waals surface area contributed by atoms with Crippen molar-refractivity contribution in [2.45, 2.75) is 0 Å². The molecule has 2 nitrogen and oxygen atoms in total. The molecule has 0 rings (SSSR count). The molecule has 0 spiro atoms. The highest BCUT2D eigenvalue weighted by Crippen LogP contribution is 1.70. The van der Waals surface area contributed by atoms with Crippen LogP contribution in [-0.2, 0) is 11.0 Å². The molecule has 5 heavy (non-hydrogen) atoms. The Bertz CT molecular complexity index is 46.9. The summed E-state index contributed by atoms with van der Waals surface area (Å²) in [6, 6.07) is 0. The molecule has 0 aromatic carbocycles. The quantitative estimate of drug-likeness (QED) is 0.471. The number of alkyl halides is 1. The van der Waals surface area contributed by atoms with E-state index >= 15 is 0 Å². The fourth-order valence-electron chi connectivity index (χ4n) is 0. The first-order chi connectivity index (χ1) is 2.27. The molecule has 2 N–H and O–H groups in total. The molecule has 0 saturated heterocycles. The fourth-order valence-corrected chi connectivity index (χ4v) is 0. The predicted octanol–water partition coefficient (Wildman–Crippen LogP) is -0.195. The van der Waals surface area contributed by atoms with Crippen molar-refractivity contribution in [1.29, 1.82) is 0 Å². The SMILES string of the molecule is NS(=O)CCl. The van der Waals surface area contributed by atoms with Crippen LogP contribution in [0.4, 0.5) is 0 Å². The van der Waals surface area contributed by atoms with E-state index in [-0.39, 0.29) is 5.21 Å². The van der Waals surface area contributed by atoms with E-state index < -0.39 is 11.0 Å². The van der Waals surface area contributed by atoms with Gasteiger partial charge in [-0.1, -0.05) is 0 Å². The van der Waals surface area contributed by atoms with Crippen LogP contribution in [0.5, 0.6) is 0 Å². The smallest absolute Gasteiger partial charge is 0.112 e. The minimum atomic E-state index is -1.31. The van der Waals surface area contributed by atoms with Crippen molar-refractivity contribution < 1.29 is 4.21 Å². The molecule has 0 radical (unpaired) electrons. The summed E-state index contributed by atoms with van der Waals surface area (Å²) in [5, 5.41) is 4.66. The fraction of sp³-hybridized carbons (Fsp3) is 1.00. The van der Waals surface area contributed by atoms with Crippen LogP contribution in [0.1, 0.15) is 0 Å². The lowest BCUT2D eigenvalue weighted by Crippen LogP contribution is -2.01. The van der Waals surface area contributed by atoms with Gasteiger partial charge in [0.15, 0.2) is 0 Å². The van der Waals surface area contributed by atoms with Crippen molar-refractivity contribution in [2.24, 2.45) is 5.14 Å². The third kappa shape index (κ3) is 4.40. The molecule has 32 valence electrons. The Kier molecular flexibility index (Phi) is 2.84. The number of hydrogen-bond donors (Lipinski definition) is 1. The highest BCUT2D eigenvalue weighted by molar-refractivity contribution is 7.83. The summed E-state index contributed by atoms with van der Waals surface area (Å²) >= 11 is 4.91. The summed E-state index contributed by atoms with van der Waals surface area (Å²) in [4.78, 5) is 0. The van der Waals surface area contributed by atoms with Gasteiger partial charge in [0, 0.05) is 0 Å². The van der Waals surface area contributed by atoms with E-state index in [0.29, 0.717) is 0 Å². The Morgan fingerprint density at radius 2 is 2.20 bits per heavy atom. The molecule has 0 fully saturated rings. The second kappa shape index (κ2) is 2.63. The van der Waals surface area contributed by atoms with E-state index in [1.807, 2.05) is 0 Å². The van der Waals surface area contributed by atoms with Crippen LogP contribution < -0.4 is 5.14 Å². The molecule has 0 aromatic rings. The molecule has 4 heteroatoms. The summed E-state index contributed by atoms with van der Waals surface area (Å²) in [6.45, 7) is 0. The van der Waals surface area contributed by atoms with Crippen LogP contribution in [0.3, 0.4) is 0 Å². The first-order valence-corrected chi connectivity index (χ1v) is 2.87. The van der Waals surface area contributed by atoms with E-state index in [1.54, 1.807) is 0 Å². The monoisotopic (exact) mass is 113 g/mol. The van der Waals surface area contributed by atoms with Gasteiger partial charge in [-0.25, -0.2) is 4.21 Å². The first kappa shape index (κ1) is 5.40. The van der Waals surface area contributed by atoms with E-state index in [4.69, 9.17) is 11.6 Å². The van der Waals surface area contributed by atoms with E-state index in [9.17, 15) is 4.21 Å². The lowest BCUT2D eigenvalue weighted by molar-refractivity contribution is 0.687. The normalized spacial score (nSPS) is 14.8. The van der Waals surface area contributed by atoms with Crippen LogP contribution in [-0.4, -0.2) is 9.42 Å². The molecular formula is CH4ClNOS. The van der Waals surface area contributed by atoms with E-state index in [2.05, 4.69) is 5.14 Å². The molecular weight excluding hydrogens is 110 g/mol. The maximum absolute atomic E-state index is 9.57. The molecule has 0 aliphatic carbocycles. The van der Waals surface area contributed by atoms with Crippen LogP contribution in [0, 0.1) is 0 Å². The highest BCUT2D eigenvalue weighted by Gasteiger charge is 1.76. The minimum Gasteiger partial charge on any atom is -0.251 e. The minimum absolute atomic E-state index is 0.0278. The van der Waals surface area contributed by atoms with Gasteiger partial charge < -0.3 is 0 Å². The van der Waals surface area contributed by atoms with E-state index in [1.165, 1.54) is 0 Å². The number of hydrogen-bond acceptors (Lipinski definition) is 1. The Hall–Kier alpha value is 0.400. The second-order valence-corrected chi connectivity index (χ2v) is 2.12. The molecule has 1 atom stereocenters. The van der Waals surface area contributed by atoms with Gasteiger partial charge in [0.25, 0.3) is 0 Å². The Morgan fingerprint density at radius 1 is 2.00 bits per heavy atom. The highest BCUT2D eigenvalue weighted by atomic mass is 35.5. The van der Waals surface area contributed by atoms with Gasteiger partial charge in [0.2, 0.25) is 0 Å². The third-order valence-corrected chi connectivity index (χ3v) is 0.968. The van der Waals surface area contributed by atoms with Crippen LogP contribution in [0.15, 0.2) is 0 Å². The molecule has 0 bridgehead atoms. The van der Waals surface area contributed by atoms with Crippen molar-refractivity contribution in [3.05, 3.63) is 0 Å². The second-order valence-electron chi connectivity index (χ2n) is 0.490. The summed E-state index contributed by atoms with van der Waals surface area (Å²) in [5.41, 5.74) is 0. The zero-order valence-corrected chi connectivity index (χ0v) is 4.05. The Morgan fingerprint density at radius 3 is 2.20 bits per heavy atom. The van der Waals surface area contributed by atoms with E-state index in [0.717, 1.165) is 0 Å².